The summed E-state index contributed by atoms with van der Waals surface area (Å²) in [5.74, 6) is -0.143. The van der Waals surface area contributed by atoms with Gasteiger partial charge in [-0.3, -0.25) is 9.10 Å². The number of hydrogen-bond donors (Lipinski definition) is 1. The maximum atomic E-state index is 13.4. The number of sulfonamides is 1. The van der Waals surface area contributed by atoms with Crippen molar-refractivity contribution in [1.82, 2.24) is 0 Å². The van der Waals surface area contributed by atoms with E-state index < -0.39 is 10.0 Å². The number of nitrogens with zero attached hydrogens (tertiary/aromatic N) is 1. The van der Waals surface area contributed by atoms with Crippen molar-refractivity contribution in [2.75, 3.05) is 16.2 Å². The monoisotopic (exact) mass is 434 g/mol. The van der Waals surface area contributed by atoms with Crippen LogP contribution in [0.4, 0.5) is 11.4 Å². The van der Waals surface area contributed by atoms with E-state index in [1.807, 2.05) is 56.3 Å². The average Bonchev–Trinajstić information content (AvgIpc) is 2.72. The van der Waals surface area contributed by atoms with Gasteiger partial charge in [-0.15, -0.1) is 0 Å². The molecule has 0 radical (unpaired) electrons. The van der Waals surface area contributed by atoms with E-state index in [0.29, 0.717) is 11.3 Å². The molecule has 1 N–H and O–H groups in total. The van der Waals surface area contributed by atoms with E-state index in [4.69, 9.17) is 0 Å². The van der Waals surface area contributed by atoms with E-state index in [9.17, 15) is 13.2 Å². The maximum Gasteiger partial charge on any atom is 0.265 e. The number of fused-ring (bicyclic) bond motifs is 3. The molecular weight excluding hydrogens is 408 g/mol. The van der Waals surface area contributed by atoms with Crippen LogP contribution in [0.1, 0.15) is 36.5 Å². The molecule has 4 rings (SSSR count). The fraction of sp³-hybridized carbons (Fsp3) is 0.240. The first-order valence-corrected chi connectivity index (χ1v) is 11.8. The highest BCUT2D eigenvalue weighted by atomic mass is 32.2. The lowest BCUT2D eigenvalue weighted by Crippen LogP contribution is -2.40. The summed E-state index contributed by atoms with van der Waals surface area (Å²) in [6, 6.07) is 18.4. The van der Waals surface area contributed by atoms with Crippen LogP contribution in [0.25, 0.3) is 11.1 Å². The molecule has 31 heavy (non-hydrogen) atoms. The topological polar surface area (TPSA) is 66.5 Å². The second-order valence-electron chi connectivity index (χ2n) is 8.27. The van der Waals surface area contributed by atoms with Crippen molar-refractivity contribution in [1.29, 1.82) is 0 Å². The van der Waals surface area contributed by atoms with Gasteiger partial charge in [0.15, 0.2) is 0 Å². The van der Waals surface area contributed by atoms with Gasteiger partial charge in [-0.1, -0.05) is 61.9 Å². The summed E-state index contributed by atoms with van der Waals surface area (Å²) < 4.78 is 28.1. The summed E-state index contributed by atoms with van der Waals surface area (Å²) >= 11 is 0. The van der Waals surface area contributed by atoms with E-state index in [-0.39, 0.29) is 23.3 Å². The molecule has 1 heterocycles. The highest BCUT2D eigenvalue weighted by Crippen LogP contribution is 2.43. The zero-order valence-electron chi connectivity index (χ0n) is 18.1. The molecule has 1 amide bonds. The number of amides is 1. The molecule has 0 atom stereocenters. The predicted molar refractivity (Wildman–Crippen MR) is 125 cm³/mol. The minimum absolute atomic E-state index is 0.222. The molecule has 0 saturated carbocycles. The lowest BCUT2D eigenvalue weighted by atomic mass is 9.98. The normalized spacial score (nSPS) is 14.2. The molecule has 5 nitrogen and oxygen atoms in total. The first-order chi connectivity index (χ1) is 14.7. The second-order valence-corrected chi connectivity index (χ2v) is 10.1. The molecule has 160 valence electrons. The summed E-state index contributed by atoms with van der Waals surface area (Å²) in [6.07, 6.45) is 0. The molecule has 0 saturated heterocycles. The summed E-state index contributed by atoms with van der Waals surface area (Å²) in [5.41, 5.74) is 5.75. The average molecular weight is 435 g/mol. The van der Waals surface area contributed by atoms with E-state index in [0.717, 1.165) is 27.9 Å². The highest BCUT2D eigenvalue weighted by Gasteiger charge is 2.36. The van der Waals surface area contributed by atoms with Gasteiger partial charge in [0, 0.05) is 16.8 Å². The molecule has 0 fully saturated rings. The molecule has 1 aliphatic heterocycles. The Morgan fingerprint density at radius 3 is 2.45 bits per heavy atom. The number of anilines is 2. The number of para-hydroxylation sites is 1. The number of nitrogens with one attached hydrogen (secondary N) is 1. The molecular formula is C25H26N2O3S. The zero-order chi connectivity index (χ0) is 22.3. The molecule has 1 aliphatic rings. The smallest absolute Gasteiger partial charge is 0.265 e. The highest BCUT2D eigenvalue weighted by molar-refractivity contribution is 7.93. The lowest BCUT2D eigenvalue weighted by molar-refractivity contribution is -0.114. The molecule has 0 spiro atoms. The second kappa shape index (κ2) is 7.85. The predicted octanol–water partition coefficient (Wildman–Crippen LogP) is 5.24. The Morgan fingerprint density at radius 2 is 1.71 bits per heavy atom. The Kier molecular flexibility index (Phi) is 5.35. The largest absolute Gasteiger partial charge is 0.324 e. The Hall–Kier alpha value is -3.12. The van der Waals surface area contributed by atoms with Gasteiger partial charge in [-0.2, -0.15) is 0 Å². The van der Waals surface area contributed by atoms with Crippen molar-refractivity contribution >= 4 is 27.3 Å². The Balaban J connectivity index is 1.74. The molecule has 0 bridgehead atoms. The van der Waals surface area contributed by atoms with Gasteiger partial charge in [-0.05, 0) is 49.1 Å². The first kappa shape index (κ1) is 21.1. The number of aryl methyl sites for hydroxylation is 2. The van der Waals surface area contributed by atoms with Crippen molar-refractivity contribution in [3.8, 4) is 11.1 Å². The fourth-order valence-corrected chi connectivity index (χ4v) is 5.72. The molecule has 0 aromatic heterocycles. The standard InChI is InChI=1S/C25H26N2O3S/c1-16(2)19-10-7-8-18(4)25(19)26-24(28)15-27-22-13-12-17(3)14-21(22)20-9-5-6-11-23(20)31(27,29)30/h5-14,16H,15H2,1-4H3,(H,26,28). The number of carbonyl (C=O) groups excluding carboxylic acids is 1. The minimum Gasteiger partial charge on any atom is -0.324 e. The Labute approximate surface area is 183 Å². The third-order valence-corrected chi connectivity index (χ3v) is 7.46. The molecule has 0 aliphatic carbocycles. The van der Waals surface area contributed by atoms with E-state index in [1.54, 1.807) is 18.2 Å². The number of carbonyl (C=O) groups is 1. The van der Waals surface area contributed by atoms with Crippen molar-refractivity contribution < 1.29 is 13.2 Å². The SMILES string of the molecule is Cc1ccc2c(c1)-c1ccccc1S(=O)(=O)N2CC(=O)Nc1c(C)cccc1C(C)C. The fourth-order valence-electron chi connectivity index (χ4n) is 4.07. The molecule has 6 heteroatoms. The summed E-state index contributed by atoms with van der Waals surface area (Å²) in [5, 5.41) is 2.97. The van der Waals surface area contributed by atoms with Gasteiger partial charge in [0.05, 0.1) is 10.6 Å². The van der Waals surface area contributed by atoms with Gasteiger partial charge >= 0.3 is 0 Å². The van der Waals surface area contributed by atoms with Crippen LogP contribution in [0.15, 0.2) is 65.6 Å². The number of hydrogen-bond acceptors (Lipinski definition) is 3. The molecule has 3 aromatic rings. The number of rotatable bonds is 4. The van der Waals surface area contributed by atoms with Crippen LogP contribution in [0.2, 0.25) is 0 Å². The summed E-state index contributed by atoms with van der Waals surface area (Å²) in [6.45, 7) is 7.74. The van der Waals surface area contributed by atoms with Crippen molar-refractivity contribution in [2.24, 2.45) is 0 Å². The van der Waals surface area contributed by atoms with Crippen LogP contribution in [-0.2, 0) is 14.8 Å². The summed E-state index contributed by atoms with van der Waals surface area (Å²) in [4.78, 5) is 13.3. The van der Waals surface area contributed by atoms with Crippen molar-refractivity contribution in [2.45, 2.75) is 38.5 Å². The van der Waals surface area contributed by atoms with E-state index in [2.05, 4.69) is 19.2 Å². The number of benzene rings is 3. The first-order valence-electron chi connectivity index (χ1n) is 10.3. The zero-order valence-corrected chi connectivity index (χ0v) is 19.0. The van der Waals surface area contributed by atoms with Crippen molar-refractivity contribution in [3.63, 3.8) is 0 Å². The Bertz CT molecular complexity index is 1280. The van der Waals surface area contributed by atoms with Gasteiger partial charge in [0.2, 0.25) is 5.91 Å². The van der Waals surface area contributed by atoms with Crippen molar-refractivity contribution in [3.05, 3.63) is 77.4 Å². The van der Waals surface area contributed by atoms with Gasteiger partial charge in [0.25, 0.3) is 10.0 Å². The van der Waals surface area contributed by atoms with E-state index >= 15 is 0 Å². The quantitative estimate of drug-likeness (QED) is 0.611. The Morgan fingerprint density at radius 1 is 0.968 bits per heavy atom. The summed E-state index contributed by atoms with van der Waals surface area (Å²) in [7, 11) is -3.86. The minimum atomic E-state index is -3.86. The molecule has 0 unspecified atom stereocenters. The third kappa shape index (κ3) is 3.72. The maximum absolute atomic E-state index is 13.4. The van der Waals surface area contributed by atoms with E-state index in [1.165, 1.54) is 4.31 Å². The van der Waals surface area contributed by atoms with Crippen LogP contribution in [-0.4, -0.2) is 20.9 Å². The van der Waals surface area contributed by atoms with Gasteiger partial charge in [-0.25, -0.2) is 8.42 Å². The van der Waals surface area contributed by atoms with Gasteiger partial charge in [0.1, 0.15) is 6.54 Å². The third-order valence-electron chi connectivity index (χ3n) is 5.64. The van der Waals surface area contributed by atoms with Crippen LogP contribution in [0.3, 0.4) is 0 Å². The van der Waals surface area contributed by atoms with Crippen LogP contribution >= 0.6 is 0 Å². The molecule has 3 aromatic carbocycles. The van der Waals surface area contributed by atoms with Crippen LogP contribution in [0, 0.1) is 13.8 Å². The van der Waals surface area contributed by atoms with Gasteiger partial charge < -0.3 is 5.32 Å². The lowest BCUT2D eigenvalue weighted by Gasteiger charge is -2.32. The van der Waals surface area contributed by atoms with Crippen LogP contribution in [0.5, 0.6) is 0 Å². The van der Waals surface area contributed by atoms with Crippen LogP contribution < -0.4 is 9.62 Å².